The molecule has 4 rings (SSSR count). The first-order chi connectivity index (χ1) is 14.0. The minimum atomic E-state index is -0.460. The summed E-state index contributed by atoms with van der Waals surface area (Å²) in [6, 6.07) is 12.0. The van der Waals surface area contributed by atoms with Crippen LogP contribution in [0.15, 0.2) is 42.5 Å². The maximum absolute atomic E-state index is 12.5. The minimum absolute atomic E-state index is 0.105. The number of benzene rings is 2. The molecule has 0 fully saturated rings. The summed E-state index contributed by atoms with van der Waals surface area (Å²) >= 11 is 6.06. The molecule has 0 spiro atoms. The number of hydrogen-bond donors (Lipinski definition) is 2. The van der Waals surface area contributed by atoms with Crippen LogP contribution in [0.25, 0.3) is 0 Å². The molecule has 29 heavy (non-hydrogen) atoms. The Morgan fingerprint density at radius 2 is 1.93 bits per heavy atom. The lowest BCUT2D eigenvalue weighted by atomic mass is 10.2. The standard InChI is InChI=1S/C19H16ClN5O4/c1-11-18(19(27)22-14-5-3-2-4-13(14)20)23-24-25(11)9-17(26)21-12-6-7-15-16(8-12)29-10-28-15/h2-8H,9-10H2,1H3,(H,21,26)(H,22,27). The molecule has 1 aliphatic rings. The third-order valence-corrected chi connectivity index (χ3v) is 4.60. The third kappa shape index (κ3) is 3.99. The molecule has 148 valence electrons. The molecule has 1 aromatic heterocycles. The lowest BCUT2D eigenvalue weighted by molar-refractivity contribution is -0.117. The van der Waals surface area contributed by atoms with Crippen molar-refractivity contribution >= 4 is 34.8 Å². The second kappa shape index (κ2) is 7.80. The zero-order valence-corrected chi connectivity index (χ0v) is 16.1. The second-order valence-corrected chi connectivity index (χ2v) is 6.64. The number of fused-ring (bicyclic) bond motifs is 1. The zero-order chi connectivity index (χ0) is 20.4. The summed E-state index contributed by atoms with van der Waals surface area (Å²) in [6.45, 7) is 1.71. The molecule has 3 aromatic rings. The number of carbonyl (C=O) groups excluding carboxylic acids is 2. The SMILES string of the molecule is Cc1c(C(=O)Nc2ccccc2Cl)nnn1CC(=O)Nc1ccc2c(c1)OCO2. The number of rotatable bonds is 5. The number of para-hydroxylation sites is 1. The van der Waals surface area contributed by atoms with Gasteiger partial charge in [-0.1, -0.05) is 28.9 Å². The zero-order valence-electron chi connectivity index (χ0n) is 15.3. The Morgan fingerprint density at radius 3 is 2.76 bits per heavy atom. The van der Waals surface area contributed by atoms with E-state index in [1.807, 2.05) is 0 Å². The van der Waals surface area contributed by atoms with Crippen LogP contribution in [-0.4, -0.2) is 33.6 Å². The van der Waals surface area contributed by atoms with Crippen molar-refractivity contribution in [3.63, 3.8) is 0 Å². The van der Waals surface area contributed by atoms with Crippen molar-refractivity contribution in [3.8, 4) is 11.5 Å². The van der Waals surface area contributed by atoms with Gasteiger partial charge in [-0.15, -0.1) is 5.10 Å². The first kappa shape index (κ1) is 18.8. The van der Waals surface area contributed by atoms with Gasteiger partial charge in [0.15, 0.2) is 17.2 Å². The maximum Gasteiger partial charge on any atom is 0.278 e. The van der Waals surface area contributed by atoms with Crippen LogP contribution >= 0.6 is 11.6 Å². The van der Waals surface area contributed by atoms with E-state index in [2.05, 4.69) is 20.9 Å². The van der Waals surface area contributed by atoms with Gasteiger partial charge >= 0.3 is 0 Å². The van der Waals surface area contributed by atoms with Gasteiger partial charge in [0.25, 0.3) is 5.91 Å². The van der Waals surface area contributed by atoms with Gasteiger partial charge in [0.1, 0.15) is 6.54 Å². The lowest BCUT2D eigenvalue weighted by Crippen LogP contribution is -2.21. The van der Waals surface area contributed by atoms with Crippen LogP contribution in [-0.2, 0) is 11.3 Å². The van der Waals surface area contributed by atoms with E-state index in [0.29, 0.717) is 33.6 Å². The molecule has 0 saturated heterocycles. The van der Waals surface area contributed by atoms with Crippen LogP contribution in [0.3, 0.4) is 0 Å². The molecule has 0 radical (unpaired) electrons. The highest BCUT2D eigenvalue weighted by Crippen LogP contribution is 2.34. The number of halogens is 1. The highest BCUT2D eigenvalue weighted by atomic mass is 35.5. The van der Waals surface area contributed by atoms with Gasteiger partial charge in [0.2, 0.25) is 12.7 Å². The topological polar surface area (TPSA) is 107 Å². The van der Waals surface area contributed by atoms with E-state index >= 15 is 0 Å². The van der Waals surface area contributed by atoms with E-state index in [1.165, 1.54) is 4.68 Å². The maximum atomic E-state index is 12.5. The van der Waals surface area contributed by atoms with Gasteiger partial charge in [0.05, 0.1) is 16.4 Å². The molecule has 1 aliphatic heterocycles. The van der Waals surface area contributed by atoms with Crippen LogP contribution in [0, 0.1) is 6.92 Å². The van der Waals surface area contributed by atoms with Crippen LogP contribution in [0.4, 0.5) is 11.4 Å². The predicted molar refractivity (Wildman–Crippen MR) is 105 cm³/mol. The van der Waals surface area contributed by atoms with E-state index in [9.17, 15) is 9.59 Å². The Kier molecular flexibility index (Phi) is 5.05. The fourth-order valence-corrected chi connectivity index (χ4v) is 2.96. The lowest BCUT2D eigenvalue weighted by Gasteiger charge is -2.08. The van der Waals surface area contributed by atoms with Crippen LogP contribution in [0.2, 0.25) is 5.02 Å². The molecule has 0 atom stereocenters. The number of aromatic nitrogens is 3. The number of carbonyl (C=O) groups is 2. The molecule has 2 amide bonds. The van der Waals surface area contributed by atoms with Crippen LogP contribution < -0.4 is 20.1 Å². The fourth-order valence-electron chi connectivity index (χ4n) is 2.78. The molecular formula is C19H16ClN5O4. The highest BCUT2D eigenvalue weighted by Gasteiger charge is 2.19. The van der Waals surface area contributed by atoms with Crippen LogP contribution in [0.5, 0.6) is 11.5 Å². The summed E-state index contributed by atoms with van der Waals surface area (Å²) in [5, 5.41) is 13.6. The molecule has 0 saturated carbocycles. The molecule has 10 heteroatoms. The van der Waals surface area contributed by atoms with Crippen molar-refractivity contribution in [3.05, 3.63) is 58.9 Å². The molecule has 2 heterocycles. The number of nitrogens with zero attached hydrogens (tertiary/aromatic N) is 3. The fraction of sp³-hybridized carbons (Fsp3) is 0.158. The summed E-state index contributed by atoms with van der Waals surface area (Å²) in [5.41, 5.74) is 1.60. The normalized spacial score (nSPS) is 11.9. The van der Waals surface area contributed by atoms with Gasteiger partial charge in [-0.3, -0.25) is 9.59 Å². The molecule has 0 aliphatic carbocycles. The molecular weight excluding hydrogens is 398 g/mol. The Labute approximate surface area is 170 Å². The van der Waals surface area contributed by atoms with Crippen molar-refractivity contribution in [1.29, 1.82) is 0 Å². The Balaban J connectivity index is 1.42. The summed E-state index contributed by atoms with van der Waals surface area (Å²) in [6.07, 6.45) is 0. The average Bonchev–Trinajstić information content (AvgIpc) is 3.30. The van der Waals surface area contributed by atoms with E-state index < -0.39 is 5.91 Å². The summed E-state index contributed by atoms with van der Waals surface area (Å²) < 4.78 is 11.9. The monoisotopic (exact) mass is 413 g/mol. The minimum Gasteiger partial charge on any atom is -0.454 e. The predicted octanol–water partition coefficient (Wildman–Crippen LogP) is 2.86. The van der Waals surface area contributed by atoms with E-state index in [1.54, 1.807) is 49.4 Å². The van der Waals surface area contributed by atoms with Gasteiger partial charge < -0.3 is 20.1 Å². The third-order valence-electron chi connectivity index (χ3n) is 4.27. The second-order valence-electron chi connectivity index (χ2n) is 6.23. The van der Waals surface area contributed by atoms with Gasteiger partial charge in [0, 0.05) is 11.8 Å². The van der Waals surface area contributed by atoms with Gasteiger partial charge in [-0.05, 0) is 31.2 Å². The highest BCUT2D eigenvalue weighted by molar-refractivity contribution is 6.33. The van der Waals surface area contributed by atoms with Gasteiger partial charge in [-0.2, -0.15) is 0 Å². The Bertz CT molecular complexity index is 1100. The number of anilines is 2. The van der Waals surface area contributed by atoms with E-state index in [0.717, 1.165) is 0 Å². The van der Waals surface area contributed by atoms with Crippen LogP contribution in [0.1, 0.15) is 16.2 Å². The van der Waals surface area contributed by atoms with Crippen molar-refractivity contribution in [2.75, 3.05) is 17.4 Å². The number of ether oxygens (including phenoxy) is 2. The molecule has 2 aromatic carbocycles. The molecule has 9 nitrogen and oxygen atoms in total. The van der Waals surface area contributed by atoms with Gasteiger partial charge in [-0.25, -0.2) is 4.68 Å². The molecule has 0 bridgehead atoms. The van der Waals surface area contributed by atoms with E-state index in [4.69, 9.17) is 21.1 Å². The van der Waals surface area contributed by atoms with E-state index in [-0.39, 0.29) is 24.9 Å². The number of nitrogens with one attached hydrogen (secondary N) is 2. The van der Waals surface area contributed by atoms with Crippen molar-refractivity contribution in [1.82, 2.24) is 15.0 Å². The average molecular weight is 414 g/mol. The van der Waals surface area contributed by atoms with Crippen molar-refractivity contribution < 1.29 is 19.1 Å². The summed E-state index contributed by atoms with van der Waals surface area (Å²) in [7, 11) is 0. The van der Waals surface area contributed by atoms with Crippen molar-refractivity contribution in [2.45, 2.75) is 13.5 Å². The molecule has 2 N–H and O–H groups in total. The smallest absolute Gasteiger partial charge is 0.278 e. The quantitative estimate of drug-likeness (QED) is 0.666. The number of amides is 2. The number of hydrogen-bond acceptors (Lipinski definition) is 6. The first-order valence-corrected chi connectivity index (χ1v) is 9.04. The molecule has 0 unspecified atom stereocenters. The Hall–Kier alpha value is -3.59. The first-order valence-electron chi connectivity index (χ1n) is 8.67. The summed E-state index contributed by atoms with van der Waals surface area (Å²) in [4.78, 5) is 24.8. The summed E-state index contributed by atoms with van der Waals surface area (Å²) in [5.74, 6) is 0.413. The van der Waals surface area contributed by atoms with Crippen molar-refractivity contribution in [2.24, 2.45) is 0 Å². The Morgan fingerprint density at radius 1 is 1.14 bits per heavy atom. The largest absolute Gasteiger partial charge is 0.454 e.